The molecule has 6 nitrogen and oxygen atoms in total. The van der Waals surface area contributed by atoms with Crippen LogP contribution in [0.15, 0.2) is 24.5 Å². The fraction of sp³-hybridized carbons (Fsp3) is 0.467. The lowest BCUT2D eigenvalue weighted by Crippen LogP contribution is -2.25. The first kappa shape index (κ1) is 15.3. The number of aromatic nitrogens is 3. The molecule has 0 bridgehead atoms. The number of ether oxygens (including phenoxy) is 2. The van der Waals surface area contributed by atoms with Crippen LogP contribution in [-0.4, -0.2) is 46.9 Å². The van der Waals surface area contributed by atoms with Crippen molar-refractivity contribution in [3.63, 3.8) is 0 Å². The van der Waals surface area contributed by atoms with Crippen LogP contribution in [0.25, 0.3) is 0 Å². The zero-order valence-electron chi connectivity index (χ0n) is 12.6. The van der Waals surface area contributed by atoms with Crippen LogP contribution in [0.5, 0.6) is 5.75 Å². The first-order valence-corrected chi connectivity index (χ1v) is 7.53. The molecule has 1 aliphatic rings. The minimum absolute atomic E-state index is 0.174. The second-order valence-corrected chi connectivity index (χ2v) is 5.79. The maximum absolute atomic E-state index is 6.21. The van der Waals surface area contributed by atoms with Gasteiger partial charge in [-0.15, -0.1) is 0 Å². The van der Waals surface area contributed by atoms with Crippen molar-refractivity contribution in [3.8, 4) is 5.75 Å². The summed E-state index contributed by atoms with van der Waals surface area (Å²) in [6.07, 6.45) is 2.64. The average Bonchev–Trinajstić information content (AvgIpc) is 3.16. The monoisotopic (exact) mass is 322 g/mol. The number of halogens is 1. The highest BCUT2D eigenvalue weighted by molar-refractivity contribution is 6.32. The summed E-state index contributed by atoms with van der Waals surface area (Å²) in [5.74, 6) is 1.56. The van der Waals surface area contributed by atoms with Crippen molar-refractivity contribution in [2.75, 3.05) is 20.8 Å². The van der Waals surface area contributed by atoms with Gasteiger partial charge in [0.25, 0.3) is 0 Å². The van der Waals surface area contributed by atoms with Gasteiger partial charge in [-0.2, -0.15) is 5.10 Å². The highest BCUT2D eigenvalue weighted by Gasteiger charge is 2.34. The van der Waals surface area contributed by atoms with Gasteiger partial charge >= 0.3 is 0 Å². The third-order valence-electron chi connectivity index (χ3n) is 4.05. The number of aromatic amines is 1. The Morgan fingerprint density at radius 1 is 1.41 bits per heavy atom. The number of rotatable bonds is 5. The van der Waals surface area contributed by atoms with Crippen molar-refractivity contribution >= 4 is 11.6 Å². The number of likely N-dealkylation sites (tertiary alicyclic amines) is 1. The van der Waals surface area contributed by atoms with E-state index in [2.05, 4.69) is 20.1 Å². The minimum Gasteiger partial charge on any atom is -0.495 e. The predicted molar refractivity (Wildman–Crippen MR) is 83.0 cm³/mol. The van der Waals surface area contributed by atoms with Crippen molar-refractivity contribution in [3.05, 3.63) is 40.9 Å². The third kappa shape index (κ3) is 3.09. The Hall–Kier alpha value is -1.63. The van der Waals surface area contributed by atoms with Gasteiger partial charge in [0.05, 0.1) is 24.3 Å². The maximum atomic E-state index is 6.21. The van der Waals surface area contributed by atoms with E-state index in [1.165, 1.54) is 6.33 Å². The molecule has 0 amide bonds. The van der Waals surface area contributed by atoms with E-state index in [9.17, 15) is 0 Å². The molecule has 0 saturated carbocycles. The molecule has 2 aromatic rings. The summed E-state index contributed by atoms with van der Waals surface area (Å²) in [6.45, 7) is 1.63. The van der Waals surface area contributed by atoms with Gasteiger partial charge in [0, 0.05) is 20.2 Å². The number of hydrogen-bond donors (Lipinski definition) is 1. The van der Waals surface area contributed by atoms with Crippen LogP contribution in [0.4, 0.5) is 0 Å². The third-order valence-corrected chi connectivity index (χ3v) is 4.34. The number of nitrogens with zero attached hydrogens (tertiary/aromatic N) is 3. The molecule has 0 aliphatic carbocycles. The van der Waals surface area contributed by atoms with E-state index >= 15 is 0 Å². The van der Waals surface area contributed by atoms with Crippen molar-refractivity contribution in [1.29, 1.82) is 0 Å². The summed E-state index contributed by atoms with van der Waals surface area (Å²) in [7, 11) is 3.36. The van der Waals surface area contributed by atoms with Crippen molar-refractivity contribution in [2.45, 2.75) is 25.1 Å². The summed E-state index contributed by atoms with van der Waals surface area (Å²) in [4.78, 5) is 6.62. The van der Waals surface area contributed by atoms with E-state index in [0.29, 0.717) is 10.8 Å². The van der Waals surface area contributed by atoms with Gasteiger partial charge in [0.15, 0.2) is 0 Å². The van der Waals surface area contributed by atoms with E-state index in [-0.39, 0.29) is 12.1 Å². The quantitative estimate of drug-likeness (QED) is 0.916. The van der Waals surface area contributed by atoms with Gasteiger partial charge in [0.2, 0.25) is 0 Å². The highest BCUT2D eigenvalue weighted by atomic mass is 35.5. The zero-order valence-corrected chi connectivity index (χ0v) is 13.4. The molecule has 0 spiro atoms. The molecule has 7 heteroatoms. The van der Waals surface area contributed by atoms with E-state index in [1.54, 1.807) is 14.2 Å². The van der Waals surface area contributed by atoms with E-state index in [1.807, 2.05) is 18.2 Å². The van der Waals surface area contributed by atoms with Crippen LogP contribution in [0.1, 0.15) is 23.9 Å². The second kappa shape index (κ2) is 6.64. The number of H-pyrrole nitrogens is 1. The van der Waals surface area contributed by atoms with Crippen LogP contribution < -0.4 is 4.74 Å². The molecular weight excluding hydrogens is 304 g/mol. The van der Waals surface area contributed by atoms with Gasteiger partial charge in [-0.25, -0.2) is 4.98 Å². The Kier molecular flexibility index (Phi) is 4.61. The molecule has 1 N–H and O–H groups in total. The number of methoxy groups -OCH3 is 2. The first-order valence-electron chi connectivity index (χ1n) is 7.15. The van der Waals surface area contributed by atoms with Gasteiger partial charge in [-0.3, -0.25) is 10.00 Å². The Labute approximate surface area is 134 Å². The Bertz CT molecular complexity index is 620. The number of nitrogens with one attached hydrogen (secondary N) is 1. The molecule has 0 unspecified atom stereocenters. The van der Waals surface area contributed by atoms with E-state index < -0.39 is 0 Å². The largest absolute Gasteiger partial charge is 0.495 e. The highest BCUT2D eigenvalue weighted by Crippen LogP contribution is 2.33. The smallest absolute Gasteiger partial charge is 0.141 e. The SMILES string of the molecule is COc1ccc(CN2C[C@H](OC)C[C@H]2c2ncn[nH]2)cc1Cl. The molecule has 3 rings (SSSR count). The van der Waals surface area contributed by atoms with Crippen LogP contribution in [0.3, 0.4) is 0 Å². The Balaban J connectivity index is 1.78. The zero-order chi connectivity index (χ0) is 15.5. The van der Waals surface area contributed by atoms with E-state index in [4.69, 9.17) is 21.1 Å². The lowest BCUT2D eigenvalue weighted by atomic mass is 10.1. The average molecular weight is 323 g/mol. The van der Waals surface area contributed by atoms with Crippen LogP contribution >= 0.6 is 11.6 Å². The molecule has 0 radical (unpaired) electrons. The van der Waals surface area contributed by atoms with Crippen molar-refractivity contribution in [2.24, 2.45) is 0 Å². The second-order valence-electron chi connectivity index (χ2n) is 5.38. The molecule has 1 saturated heterocycles. The normalized spacial score (nSPS) is 22.1. The lowest BCUT2D eigenvalue weighted by Gasteiger charge is -2.22. The summed E-state index contributed by atoms with van der Waals surface area (Å²) >= 11 is 6.21. The first-order chi connectivity index (χ1) is 10.7. The van der Waals surface area contributed by atoms with E-state index in [0.717, 1.165) is 30.9 Å². The molecule has 2 atom stereocenters. The van der Waals surface area contributed by atoms with Crippen LogP contribution in [0, 0.1) is 0 Å². The molecule has 1 aromatic heterocycles. The van der Waals surface area contributed by atoms with Crippen LogP contribution in [0.2, 0.25) is 5.02 Å². The summed E-state index contributed by atoms with van der Waals surface area (Å²) in [5, 5.41) is 7.54. The summed E-state index contributed by atoms with van der Waals surface area (Å²) in [6, 6.07) is 6.04. The molecule has 2 heterocycles. The fourth-order valence-corrected chi connectivity index (χ4v) is 3.19. The van der Waals surface area contributed by atoms with Gasteiger partial charge < -0.3 is 9.47 Å². The standard InChI is InChI=1S/C15H19ClN4O2/c1-21-11-6-13(15-17-9-18-19-15)20(8-11)7-10-3-4-14(22-2)12(16)5-10/h3-5,9,11,13H,6-8H2,1-2H3,(H,17,18,19)/t11-,13+/m1/s1. The van der Waals surface area contributed by atoms with Gasteiger partial charge in [0.1, 0.15) is 17.9 Å². The van der Waals surface area contributed by atoms with Gasteiger partial charge in [-0.1, -0.05) is 17.7 Å². The number of hydrogen-bond acceptors (Lipinski definition) is 5. The molecule has 1 fully saturated rings. The summed E-state index contributed by atoms with van der Waals surface area (Å²) < 4.78 is 10.7. The molecule has 118 valence electrons. The Morgan fingerprint density at radius 3 is 2.91 bits per heavy atom. The maximum Gasteiger partial charge on any atom is 0.141 e. The fourth-order valence-electron chi connectivity index (χ4n) is 2.91. The predicted octanol–water partition coefficient (Wildman–Crippen LogP) is 2.43. The minimum atomic E-state index is 0.174. The molecular formula is C15H19ClN4O2. The summed E-state index contributed by atoms with van der Waals surface area (Å²) in [5.41, 5.74) is 1.13. The Morgan fingerprint density at radius 2 is 2.27 bits per heavy atom. The van der Waals surface area contributed by atoms with Crippen molar-refractivity contribution in [1.82, 2.24) is 20.1 Å². The van der Waals surface area contributed by atoms with Crippen molar-refractivity contribution < 1.29 is 9.47 Å². The topological polar surface area (TPSA) is 63.3 Å². The lowest BCUT2D eigenvalue weighted by molar-refractivity contribution is 0.107. The van der Waals surface area contributed by atoms with Crippen LogP contribution in [-0.2, 0) is 11.3 Å². The molecule has 1 aliphatic heterocycles. The van der Waals surface area contributed by atoms with Gasteiger partial charge in [-0.05, 0) is 24.1 Å². The molecule has 1 aromatic carbocycles. The number of benzene rings is 1. The molecule has 22 heavy (non-hydrogen) atoms.